The molecule has 2 aromatic carbocycles. The molecular weight excluding hydrogens is 402 g/mol. The number of ether oxygens (including phenoxy) is 4. The number of hydrogen-bond acceptors (Lipinski definition) is 7. The minimum absolute atomic E-state index is 0.161. The van der Waals surface area contributed by atoms with Gasteiger partial charge in [0.25, 0.3) is 11.8 Å². The second kappa shape index (κ2) is 7.26. The first-order chi connectivity index (χ1) is 14.9. The van der Waals surface area contributed by atoms with E-state index >= 15 is 0 Å². The van der Waals surface area contributed by atoms with Crippen LogP contribution in [-0.2, 0) is 18.9 Å². The van der Waals surface area contributed by atoms with Gasteiger partial charge >= 0.3 is 5.97 Å². The summed E-state index contributed by atoms with van der Waals surface area (Å²) >= 11 is 0. The van der Waals surface area contributed by atoms with E-state index in [4.69, 9.17) is 18.9 Å². The molecule has 31 heavy (non-hydrogen) atoms. The number of amides is 2. The second-order valence-corrected chi connectivity index (χ2v) is 8.12. The van der Waals surface area contributed by atoms with Crippen LogP contribution >= 0.6 is 0 Å². The molecule has 0 aliphatic carbocycles. The standard InChI is InChI=1S/C23H21NO7/c1-23(2)30-18-17(24-19(25)14-10-6-7-11-15(14)20(24)26)16(29-22(18)31-23)12-28-21(27)13-8-4-3-5-9-13/h3-11,16-18,22H,12H2,1-2H3/t16-,17+,18+,22+/m0/s1. The molecule has 2 saturated heterocycles. The lowest BCUT2D eigenvalue weighted by Gasteiger charge is -2.30. The highest BCUT2D eigenvalue weighted by molar-refractivity contribution is 6.21. The predicted octanol–water partition coefficient (Wildman–Crippen LogP) is 2.38. The van der Waals surface area contributed by atoms with Gasteiger partial charge in [0.2, 0.25) is 0 Å². The molecule has 5 rings (SSSR count). The number of imide groups is 1. The van der Waals surface area contributed by atoms with Crippen molar-refractivity contribution in [1.29, 1.82) is 0 Å². The maximum absolute atomic E-state index is 13.1. The van der Waals surface area contributed by atoms with Crippen molar-refractivity contribution in [3.8, 4) is 0 Å². The number of nitrogens with zero attached hydrogens (tertiary/aromatic N) is 1. The quantitative estimate of drug-likeness (QED) is 0.551. The number of hydrogen-bond donors (Lipinski definition) is 0. The molecule has 8 heteroatoms. The van der Waals surface area contributed by atoms with Gasteiger partial charge in [-0.15, -0.1) is 0 Å². The fraction of sp³-hybridized carbons (Fsp3) is 0.348. The van der Waals surface area contributed by atoms with E-state index in [-0.39, 0.29) is 6.61 Å². The van der Waals surface area contributed by atoms with Gasteiger partial charge in [0.15, 0.2) is 12.1 Å². The molecule has 2 amide bonds. The van der Waals surface area contributed by atoms with Gasteiger partial charge in [-0.05, 0) is 38.1 Å². The van der Waals surface area contributed by atoms with Crippen LogP contribution in [0.25, 0.3) is 0 Å². The Bertz CT molecular complexity index is 1020. The van der Waals surface area contributed by atoms with E-state index in [9.17, 15) is 14.4 Å². The average Bonchev–Trinajstić information content (AvgIpc) is 3.32. The van der Waals surface area contributed by atoms with E-state index in [1.54, 1.807) is 68.4 Å². The van der Waals surface area contributed by atoms with Crippen LogP contribution in [-0.4, -0.2) is 59.6 Å². The Kier molecular flexibility index (Phi) is 4.65. The van der Waals surface area contributed by atoms with Crippen molar-refractivity contribution < 1.29 is 33.3 Å². The van der Waals surface area contributed by atoms with Gasteiger partial charge in [-0.25, -0.2) is 4.79 Å². The van der Waals surface area contributed by atoms with E-state index in [0.29, 0.717) is 16.7 Å². The molecule has 0 bridgehead atoms. The van der Waals surface area contributed by atoms with Gasteiger partial charge in [0.05, 0.1) is 16.7 Å². The number of esters is 1. The molecule has 3 heterocycles. The van der Waals surface area contributed by atoms with Crippen molar-refractivity contribution in [2.24, 2.45) is 0 Å². The lowest BCUT2D eigenvalue weighted by atomic mass is 10.1. The number of rotatable bonds is 4. The molecule has 0 saturated carbocycles. The van der Waals surface area contributed by atoms with Crippen LogP contribution in [0.4, 0.5) is 0 Å². The number of fused-ring (bicyclic) bond motifs is 2. The van der Waals surface area contributed by atoms with E-state index in [0.717, 1.165) is 4.90 Å². The molecule has 0 N–H and O–H groups in total. The first kappa shape index (κ1) is 19.9. The zero-order valence-corrected chi connectivity index (χ0v) is 17.0. The third kappa shape index (κ3) is 3.33. The van der Waals surface area contributed by atoms with Gasteiger partial charge < -0.3 is 18.9 Å². The van der Waals surface area contributed by atoms with E-state index in [1.807, 2.05) is 0 Å². The second-order valence-electron chi connectivity index (χ2n) is 8.12. The Morgan fingerprint density at radius 3 is 2.23 bits per heavy atom. The average molecular weight is 423 g/mol. The summed E-state index contributed by atoms with van der Waals surface area (Å²) in [5, 5.41) is 0. The summed E-state index contributed by atoms with van der Waals surface area (Å²) in [6, 6.07) is 14.4. The highest BCUT2D eigenvalue weighted by Crippen LogP contribution is 2.41. The molecule has 3 aliphatic rings. The molecule has 8 nitrogen and oxygen atoms in total. The molecule has 160 valence electrons. The zero-order chi connectivity index (χ0) is 21.8. The highest BCUT2D eigenvalue weighted by Gasteiger charge is 2.60. The van der Waals surface area contributed by atoms with Crippen LogP contribution in [0.5, 0.6) is 0 Å². The van der Waals surface area contributed by atoms with E-state index in [1.165, 1.54) is 0 Å². The minimum atomic E-state index is -0.933. The third-order valence-electron chi connectivity index (χ3n) is 5.63. The molecule has 2 aromatic rings. The molecule has 2 fully saturated rings. The Balaban J connectivity index is 1.41. The monoisotopic (exact) mass is 423 g/mol. The lowest BCUT2D eigenvalue weighted by Crippen LogP contribution is -2.52. The summed E-state index contributed by atoms with van der Waals surface area (Å²) in [4.78, 5) is 39.7. The van der Waals surface area contributed by atoms with Crippen LogP contribution in [0.1, 0.15) is 44.9 Å². The Labute approximate surface area is 178 Å². The SMILES string of the molecule is CC1(C)O[C@H]2O[C@@H](COC(=O)c3ccccc3)[C@@H](N3C(=O)c4ccccc4C3=O)[C@H]2O1. The predicted molar refractivity (Wildman–Crippen MR) is 106 cm³/mol. The molecule has 4 atom stereocenters. The topological polar surface area (TPSA) is 91.4 Å². The van der Waals surface area contributed by atoms with Crippen molar-refractivity contribution in [3.63, 3.8) is 0 Å². The van der Waals surface area contributed by atoms with Crippen molar-refractivity contribution >= 4 is 17.8 Å². The highest BCUT2D eigenvalue weighted by atomic mass is 16.8. The summed E-state index contributed by atoms with van der Waals surface area (Å²) in [5.74, 6) is -2.31. The summed E-state index contributed by atoms with van der Waals surface area (Å²) in [7, 11) is 0. The van der Waals surface area contributed by atoms with Gasteiger partial charge in [0, 0.05) is 0 Å². The number of benzene rings is 2. The van der Waals surface area contributed by atoms with Gasteiger partial charge in [0.1, 0.15) is 24.9 Å². The smallest absolute Gasteiger partial charge is 0.338 e. The van der Waals surface area contributed by atoms with Gasteiger partial charge in [-0.2, -0.15) is 0 Å². The van der Waals surface area contributed by atoms with Crippen molar-refractivity contribution in [2.45, 2.75) is 44.2 Å². The largest absolute Gasteiger partial charge is 0.459 e. The molecule has 0 spiro atoms. The van der Waals surface area contributed by atoms with E-state index in [2.05, 4.69) is 0 Å². The normalized spacial score (nSPS) is 28.5. The maximum Gasteiger partial charge on any atom is 0.338 e. The number of carbonyl (C=O) groups excluding carboxylic acids is 3. The van der Waals surface area contributed by atoms with Gasteiger partial charge in [-0.3, -0.25) is 14.5 Å². The van der Waals surface area contributed by atoms with Crippen LogP contribution in [0.15, 0.2) is 54.6 Å². The van der Waals surface area contributed by atoms with Crippen LogP contribution < -0.4 is 0 Å². The van der Waals surface area contributed by atoms with Crippen LogP contribution in [0, 0.1) is 0 Å². The van der Waals surface area contributed by atoms with Gasteiger partial charge in [-0.1, -0.05) is 30.3 Å². The van der Waals surface area contributed by atoms with Crippen molar-refractivity contribution in [1.82, 2.24) is 4.90 Å². The Hall–Kier alpha value is -3.07. The maximum atomic E-state index is 13.1. The number of carbonyl (C=O) groups is 3. The van der Waals surface area contributed by atoms with Crippen LogP contribution in [0.3, 0.4) is 0 Å². The van der Waals surface area contributed by atoms with Crippen molar-refractivity contribution in [2.75, 3.05) is 6.61 Å². The summed E-state index contributed by atoms with van der Waals surface area (Å²) in [6.07, 6.45) is -2.27. The van der Waals surface area contributed by atoms with E-state index < -0.39 is 48.1 Å². The summed E-state index contributed by atoms with van der Waals surface area (Å²) < 4.78 is 23.2. The molecule has 0 unspecified atom stereocenters. The molecule has 3 aliphatic heterocycles. The third-order valence-corrected chi connectivity index (χ3v) is 5.63. The first-order valence-corrected chi connectivity index (χ1v) is 10.1. The van der Waals surface area contributed by atoms with Crippen molar-refractivity contribution in [3.05, 3.63) is 71.3 Å². The fourth-order valence-corrected chi connectivity index (χ4v) is 4.30. The Morgan fingerprint density at radius 2 is 1.58 bits per heavy atom. The molecule has 0 radical (unpaired) electrons. The summed E-state index contributed by atoms with van der Waals surface area (Å²) in [6.45, 7) is 3.31. The summed E-state index contributed by atoms with van der Waals surface area (Å²) in [5.41, 5.74) is 1.05. The molecule has 0 aromatic heterocycles. The minimum Gasteiger partial charge on any atom is -0.459 e. The lowest BCUT2D eigenvalue weighted by molar-refractivity contribution is -0.212. The first-order valence-electron chi connectivity index (χ1n) is 10.1. The fourth-order valence-electron chi connectivity index (χ4n) is 4.30. The zero-order valence-electron chi connectivity index (χ0n) is 17.0. The Morgan fingerprint density at radius 1 is 0.968 bits per heavy atom. The van der Waals surface area contributed by atoms with Crippen LogP contribution in [0.2, 0.25) is 0 Å². The molecular formula is C23H21NO7.